The Morgan fingerprint density at radius 1 is 1.41 bits per heavy atom. The van der Waals surface area contributed by atoms with Crippen LogP contribution in [0.5, 0.6) is 0 Å². The zero-order chi connectivity index (χ0) is 16.7. The second-order valence-corrected chi connectivity index (χ2v) is 7.64. The molecule has 1 aromatic rings. The maximum absolute atomic E-state index is 12.6. The van der Waals surface area contributed by atoms with Gasteiger partial charge in [-0.05, 0) is 19.4 Å². The molecule has 1 unspecified atom stereocenters. The third kappa shape index (κ3) is 2.61. The SMILES string of the molecule is CNC(=O)c1cc(S(=O)(=O)N2CCC(C)(C(=O)O)C2)cn1C. The molecule has 1 amide bonds. The molecule has 1 aliphatic rings. The fourth-order valence-electron chi connectivity index (χ4n) is 2.48. The molecule has 22 heavy (non-hydrogen) atoms. The van der Waals surface area contributed by atoms with E-state index in [9.17, 15) is 23.1 Å². The van der Waals surface area contributed by atoms with Crippen LogP contribution in [0.25, 0.3) is 0 Å². The van der Waals surface area contributed by atoms with E-state index in [-0.39, 0.29) is 36.0 Å². The molecule has 0 spiro atoms. The average Bonchev–Trinajstić information content (AvgIpc) is 3.03. The van der Waals surface area contributed by atoms with E-state index in [0.29, 0.717) is 0 Å². The number of nitrogens with zero attached hydrogens (tertiary/aromatic N) is 2. The summed E-state index contributed by atoms with van der Waals surface area (Å²) >= 11 is 0. The molecule has 0 radical (unpaired) electrons. The lowest BCUT2D eigenvalue weighted by atomic mass is 9.90. The van der Waals surface area contributed by atoms with Gasteiger partial charge >= 0.3 is 5.97 Å². The Hall–Kier alpha value is -1.87. The number of nitrogens with one attached hydrogen (secondary N) is 1. The molecule has 122 valence electrons. The van der Waals surface area contributed by atoms with Gasteiger partial charge in [-0.25, -0.2) is 8.42 Å². The molecule has 9 heteroatoms. The van der Waals surface area contributed by atoms with E-state index in [2.05, 4.69) is 5.32 Å². The Morgan fingerprint density at radius 2 is 2.05 bits per heavy atom. The monoisotopic (exact) mass is 329 g/mol. The van der Waals surface area contributed by atoms with Gasteiger partial charge in [0.2, 0.25) is 10.0 Å². The molecule has 0 aliphatic carbocycles. The molecule has 1 aromatic heterocycles. The van der Waals surface area contributed by atoms with Crippen molar-refractivity contribution in [1.82, 2.24) is 14.2 Å². The van der Waals surface area contributed by atoms with E-state index in [1.54, 1.807) is 7.05 Å². The Kier molecular flexibility index (Phi) is 4.05. The largest absolute Gasteiger partial charge is 0.481 e. The average molecular weight is 329 g/mol. The standard InChI is InChI=1S/C13H19N3O5S/c1-13(12(18)19)4-5-16(8-13)22(20,21)9-6-10(11(17)14-2)15(3)7-9/h6-7H,4-5,8H2,1-3H3,(H,14,17)(H,18,19). The minimum Gasteiger partial charge on any atom is -0.481 e. The van der Waals surface area contributed by atoms with Crippen LogP contribution in [0.3, 0.4) is 0 Å². The third-order valence-corrected chi connectivity index (χ3v) is 5.84. The highest BCUT2D eigenvalue weighted by Gasteiger charge is 2.45. The summed E-state index contributed by atoms with van der Waals surface area (Å²) in [5.74, 6) is -1.40. The zero-order valence-corrected chi connectivity index (χ0v) is 13.5. The van der Waals surface area contributed by atoms with Gasteiger partial charge in [-0.1, -0.05) is 0 Å². The van der Waals surface area contributed by atoms with E-state index in [4.69, 9.17) is 0 Å². The van der Waals surface area contributed by atoms with Gasteiger partial charge in [0.05, 0.1) is 5.41 Å². The number of sulfonamides is 1. The van der Waals surface area contributed by atoms with Gasteiger partial charge in [0.25, 0.3) is 5.91 Å². The highest BCUT2D eigenvalue weighted by Crippen LogP contribution is 2.34. The van der Waals surface area contributed by atoms with Crippen LogP contribution in [0.15, 0.2) is 17.2 Å². The molecule has 0 bridgehead atoms. The summed E-state index contributed by atoms with van der Waals surface area (Å²) in [6.45, 7) is 1.61. The topological polar surface area (TPSA) is 109 Å². The van der Waals surface area contributed by atoms with Crippen molar-refractivity contribution in [3.63, 3.8) is 0 Å². The fourth-order valence-corrected chi connectivity index (χ4v) is 4.11. The minimum atomic E-state index is -3.82. The number of carboxylic acid groups (broad SMARTS) is 1. The summed E-state index contributed by atoms with van der Waals surface area (Å²) in [7, 11) is -0.779. The summed E-state index contributed by atoms with van der Waals surface area (Å²) < 4.78 is 27.8. The van der Waals surface area contributed by atoms with Gasteiger partial charge in [-0.3, -0.25) is 9.59 Å². The quantitative estimate of drug-likeness (QED) is 0.800. The Labute approximate surface area is 128 Å². The van der Waals surface area contributed by atoms with Crippen LogP contribution in [0, 0.1) is 5.41 Å². The van der Waals surface area contributed by atoms with Crippen molar-refractivity contribution >= 4 is 21.9 Å². The maximum atomic E-state index is 12.6. The number of carbonyl (C=O) groups excluding carboxylic acids is 1. The van der Waals surface area contributed by atoms with E-state index < -0.39 is 21.4 Å². The number of hydrogen-bond acceptors (Lipinski definition) is 4. The van der Waals surface area contributed by atoms with Crippen molar-refractivity contribution in [2.24, 2.45) is 12.5 Å². The number of carboxylic acids is 1. The molecule has 2 N–H and O–H groups in total. The predicted octanol–water partition coefficient (Wildman–Crippen LogP) is -0.130. The predicted molar refractivity (Wildman–Crippen MR) is 77.9 cm³/mol. The lowest BCUT2D eigenvalue weighted by molar-refractivity contribution is -0.146. The number of hydrogen-bond donors (Lipinski definition) is 2. The molecule has 1 atom stereocenters. The van der Waals surface area contributed by atoms with Crippen LogP contribution in [-0.2, 0) is 21.9 Å². The smallest absolute Gasteiger partial charge is 0.310 e. The molecular formula is C13H19N3O5S. The normalized spacial score (nSPS) is 22.7. The first-order valence-corrected chi connectivity index (χ1v) is 8.18. The Morgan fingerprint density at radius 3 is 2.55 bits per heavy atom. The van der Waals surface area contributed by atoms with E-state index >= 15 is 0 Å². The van der Waals surface area contributed by atoms with Crippen LogP contribution in [0.2, 0.25) is 0 Å². The minimum absolute atomic E-state index is 0.0109. The van der Waals surface area contributed by atoms with Crippen LogP contribution in [0.1, 0.15) is 23.8 Å². The molecule has 0 saturated carbocycles. The van der Waals surface area contributed by atoms with Crippen molar-refractivity contribution in [2.75, 3.05) is 20.1 Å². The van der Waals surface area contributed by atoms with Gasteiger partial charge < -0.3 is 15.0 Å². The van der Waals surface area contributed by atoms with Gasteiger partial charge in [-0.15, -0.1) is 0 Å². The Bertz CT molecular complexity index is 724. The summed E-state index contributed by atoms with van der Waals surface area (Å²) in [5.41, 5.74) is -0.855. The summed E-state index contributed by atoms with van der Waals surface area (Å²) in [4.78, 5) is 22.9. The first-order valence-electron chi connectivity index (χ1n) is 6.74. The molecule has 2 rings (SSSR count). The fraction of sp³-hybridized carbons (Fsp3) is 0.538. The number of rotatable bonds is 4. The second-order valence-electron chi connectivity index (χ2n) is 5.71. The number of aromatic nitrogens is 1. The van der Waals surface area contributed by atoms with E-state index in [0.717, 1.165) is 4.31 Å². The molecule has 2 heterocycles. The summed E-state index contributed by atoms with van der Waals surface area (Å²) in [6.07, 6.45) is 1.62. The lowest BCUT2D eigenvalue weighted by Gasteiger charge is -2.19. The van der Waals surface area contributed by atoms with Crippen molar-refractivity contribution in [3.8, 4) is 0 Å². The summed E-state index contributed by atoms with van der Waals surface area (Å²) in [6, 6.07) is 1.30. The molecule has 8 nitrogen and oxygen atoms in total. The van der Waals surface area contributed by atoms with Crippen molar-refractivity contribution in [3.05, 3.63) is 18.0 Å². The lowest BCUT2D eigenvalue weighted by Crippen LogP contribution is -2.34. The number of amides is 1. The highest BCUT2D eigenvalue weighted by atomic mass is 32.2. The Balaban J connectivity index is 2.33. The molecular weight excluding hydrogens is 310 g/mol. The van der Waals surface area contributed by atoms with Gasteiger partial charge in [0.15, 0.2) is 0 Å². The van der Waals surface area contributed by atoms with E-state index in [1.165, 1.54) is 30.8 Å². The number of aryl methyl sites for hydroxylation is 1. The first-order chi connectivity index (χ1) is 10.1. The van der Waals surface area contributed by atoms with Crippen molar-refractivity contribution in [1.29, 1.82) is 0 Å². The van der Waals surface area contributed by atoms with E-state index in [1.807, 2.05) is 0 Å². The first kappa shape index (κ1) is 16.5. The molecule has 1 fully saturated rings. The van der Waals surface area contributed by atoms with Crippen LogP contribution >= 0.6 is 0 Å². The molecule has 0 aromatic carbocycles. The zero-order valence-electron chi connectivity index (χ0n) is 12.7. The van der Waals surface area contributed by atoms with Crippen LogP contribution < -0.4 is 5.32 Å². The van der Waals surface area contributed by atoms with Gasteiger partial charge in [0.1, 0.15) is 10.6 Å². The van der Waals surface area contributed by atoms with Crippen LogP contribution in [0.4, 0.5) is 0 Å². The van der Waals surface area contributed by atoms with Crippen LogP contribution in [-0.4, -0.2) is 54.4 Å². The highest BCUT2D eigenvalue weighted by molar-refractivity contribution is 7.89. The van der Waals surface area contributed by atoms with Crippen molar-refractivity contribution < 1.29 is 23.1 Å². The number of aliphatic carboxylic acids is 1. The molecule has 1 saturated heterocycles. The van der Waals surface area contributed by atoms with Gasteiger partial charge in [-0.2, -0.15) is 4.31 Å². The van der Waals surface area contributed by atoms with Gasteiger partial charge in [0, 0.05) is 33.4 Å². The maximum Gasteiger partial charge on any atom is 0.310 e. The van der Waals surface area contributed by atoms with Crippen molar-refractivity contribution in [2.45, 2.75) is 18.2 Å². The third-order valence-electron chi connectivity index (χ3n) is 4.03. The second kappa shape index (κ2) is 5.40. The summed E-state index contributed by atoms with van der Waals surface area (Å²) in [5, 5.41) is 11.6. The molecule has 1 aliphatic heterocycles. The number of carbonyl (C=O) groups is 2.